The van der Waals surface area contributed by atoms with Crippen molar-refractivity contribution in [2.75, 3.05) is 37.7 Å². The maximum atomic E-state index is 11.4. The Labute approximate surface area is 129 Å². The third-order valence-corrected chi connectivity index (χ3v) is 3.43. The second-order valence-electron chi connectivity index (χ2n) is 4.61. The molecule has 0 aromatic carbocycles. The van der Waals surface area contributed by atoms with Gasteiger partial charge in [0.05, 0.1) is 12.7 Å². The Bertz CT molecular complexity index is 527. The first-order valence-electron chi connectivity index (χ1n) is 6.86. The summed E-state index contributed by atoms with van der Waals surface area (Å²) >= 11 is 5.90. The van der Waals surface area contributed by atoms with E-state index in [0.29, 0.717) is 17.6 Å². The van der Waals surface area contributed by atoms with Gasteiger partial charge in [-0.2, -0.15) is 0 Å². The third kappa shape index (κ3) is 4.26. The van der Waals surface area contributed by atoms with Crippen LogP contribution in [0.1, 0.15) is 6.92 Å². The van der Waals surface area contributed by atoms with Crippen molar-refractivity contribution in [3.8, 4) is 0 Å². The molecule has 1 saturated heterocycles. The molecule has 2 rings (SSSR count). The number of ether oxygens (including phenoxy) is 1. The van der Waals surface area contributed by atoms with Crippen LogP contribution < -0.4 is 10.6 Å². The molecule has 114 valence electrons. The Kier molecular flexibility index (Phi) is 5.27. The topological polar surface area (TPSA) is 71.7 Å². The first-order chi connectivity index (χ1) is 10.1. The van der Waals surface area contributed by atoms with Crippen molar-refractivity contribution in [3.63, 3.8) is 0 Å². The van der Waals surface area contributed by atoms with Crippen molar-refractivity contribution in [3.05, 3.63) is 35.2 Å². The summed E-state index contributed by atoms with van der Waals surface area (Å²) in [6, 6.07) is 5.56. The van der Waals surface area contributed by atoms with Crippen LogP contribution in [0.2, 0.25) is 5.15 Å². The number of esters is 1. The number of nitrogens with two attached hydrogens (primary N) is 1. The van der Waals surface area contributed by atoms with Crippen molar-refractivity contribution in [1.82, 2.24) is 9.88 Å². The van der Waals surface area contributed by atoms with Gasteiger partial charge in [-0.25, -0.2) is 9.78 Å². The van der Waals surface area contributed by atoms with Crippen LogP contribution in [0.4, 0.5) is 5.82 Å². The summed E-state index contributed by atoms with van der Waals surface area (Å²) in [7, 11) is 0. The normalized spacial score (nSPS) is 16.0. The van der Waals surface area contributed by atoms with Gasteiger partial charge in [-0.3, -0.25) is 0 Å². The number of piperazine rings is 1. The molecule has 0 bridgehead atoms. The Morgan fingerprint density at radius 1 is 1.43 bits per heavy atom. The lowest BCUT2D eigenvalue weighted by molar-refractivity contribution is -0.137. The highest BCUT2D eigenvalue weighted by atomic mass is 35.5. The van der Waals surface area contributed by atoms with E-state index >= 15 is 0 Å². The molecule has 2 N–H and O–H groups in total. The summed E-state index contributed by atoms with van der Waals surface area (Å²) in [4.78, 5) is 19.8. The lowest BCUT2D eigenvalue weighted by Gasteiger charge is -2.36. The predicted octanol–water partition coefficient (Wildman–Crippen LogP) is 1.22. The second kappa shape index (κ2) is 7.17. The minimum Gasteiger partial charge on any atom is -0.463 e. The molecule has 2 heterocycles. The minimum atomic E-state index is -0.408. The van der Waals surface area contributed by atoms with Gasteiger partial charge in [0, 0.05) is 26.2 Å². The molecule has 1 aromatic rings. The van der Waals surface area contributed by atoms with Crippen LogP contribution in [0.3, 0.4) is 0 Å². The van der Waals surface area contributed by atoms with Gasteiger partial charge in [0.2, 0.25) is 0 Å². The third-order valence-electron chi connectivity index (χ3n) is 3.22. The molecule has 0 saturated carbocycles. The number of anilines is 1. The molecule has 0 aliphatic carbocycles. The quantitative estimate of drug-likeness (QED) is 0.512. The molecule has 0 unspecified atom stereocenters. The Morgan fingerprint density at radius 3 is 2.76 bits per heavy atom. The highest BCUT2D eigenvalue weighted by molar-refractivity contribution is 6.29. The van der Waals surface area contributed by atoms with Crippen molar-refractivity contribution in [1.29, 1.82) is 0 Å². The van der Waals surface area contributed by atoms with E-state index in [9.17, 15) is 4.79 Å². The predicted molar refractivity (Wildman–Crippen MR) is 81.9 cm³/mol. The monoisotopic (exact) mass is 310 g/mol. The SMILES string of the molecule is CCOC(=O)/C=C(\N)N1CCN(c2cccc(Cl)n2)CC1. The van der Waals surface area contributed by atoms with E-state index in [1.54, 1.807) is 13.0 Å². The molecule has 1 fully saturated rings. The molecule has 21 heavy (non-hydrogen) atoms. The average molecular weight is 311 g/mol. The Morgan fingerprint density at radius 2 is 2.14 bits per heavy atom. The van der Waals surface area contributed by atoms with Crippen LogP contribution in [0.25, 0.3) is 0 Å². The standard InChI is InChI=1S/C14H19ClN4O2/c1-2-21-14(20)10-12(16)18-6-8-19(9-7-18)13-5-3-4-11(15)17-13/h3-5,10H,2,6-9,16H2,1H3/b12-10+. The van der Waals surface area contributed by atoms with E-state index < -0.39 is 5.97 Å². The summed E-state index contributed by atoms with van der Waals surface area (Å²) in [6.07, 6.45) is 1.33. The maximum absolute atomic E-state index is 11.4. The molecule has 6 nitrogen and oxygen atoms in total. The van der Waals surface area contributed by atoms with E-state index in [-0.39, 0.29) is 0 Å². The molecular weight excluding hydrogens is 292 g/mol. The number of rotatable bonds is 4. The Hall–Kier alpha value is -1.95. The molecule has 1 aliphatic heterocycles. The fraction of sp³-hybridized carbons (Fsp3) is 0.429. The van der Waals surface area contributed by atoms with E-state index in [1.807, 2.05) is 17.0 Å². The first-order valence-corrected chi connectivity index (χ1v) is 7.24. The number of halogens is 1. The average Bonchev–Trinajstić information content (AvgIpc) is 2.47. The number of carbonyl (C=O) groups is 1. The van der Waals surface area contributed by atoms with Gasteiger partial charge in [0.1, 0.15) is 16.8 Å². The number of hydrogen-bond donors (Lipinski definition) is 1. The van der Waals surface area contributed by atoms with Crippen LogP contribution in [-0.2, 0) is 9.53 Å². The van der Waals surface area contributed by atoms with Crippen LogP contribution in [0.5, 0.6) is 0 Å². The lowest BCUT2D eigenvalue weighted by Crippen LogP contribution is -2.47. The number of aromatic nitrogens is 1. The van der Waals surface area contributed by atoms with Crippen molar-refractivity contribution < 1.29 is 9.53 Å². The molecule has 0 radical (unpaired) electrons. The zero-order chi connectivity index (χ0) is 15.2. The maximum Gasteiger partial charge on any atom is 0.334 e. The summed E-state index contributed by atoms with van der Waals surface area (Å²) in [5.41, 5.74) is 5.92. The molecule has 0 atom stereocenters. The molecule has 7 heteroatoms. The van der Waals surface area contributed by atoms with Crippen LogP contribution in [-0.4, -0.2) is 48.6 Å². The van der Waals surface area contributed by atoms with Crippen molar-refractivity contribution in [2.24, 2.45) is 5.73 Å². The van der Waals surface area contributed by atoms with Crippen LogP contribution in [0.15, 0.2) is 30.1 Å². The van der Waals surface area contributed by atoms with Gasteiger partial charge in [0.15, 0.2) is 0 Å². The lowest BCUT2D eigenvalue weighted by atomic mass is 10.3. The summed E-state index contributed by atoms with van der Waals surface area (Å²) in [5, 5.41) is 0.483. The summed E-state index contributed by atoms with van der Waals surface area (Å²) in [6.45, 7) is 5.08. The summed E-state index contributed by atoms with van der Waals surface area (Å²) < 4.78 is 4.85. The van der Waals surface area contributed by atoms with Crippen LogP contribution >= 0.6 is 11.6 Å². The number of pyridine rings is 1. The molecule has 1 aromatic heterocycles. The molecule has 0 amide bonds. The summed E-state index contributed by atoms with van der Waals surface area (Å²) in [5.74, 6) is 0.885. The fourth-order valence-corrected chi connectivity index (χ4v) is 2.32. The van der Waals surface area contributed by atoms with E-state index in [4.69, 9.17) is 22.1 Å². The van der Waals surface area contributed by atoms with Crippen LogP contribution in [0, 0.1) is 0 Å². The molecule has 1 aliphatic rings. The fourth-order valence-electron chi connectivity index (χ4n) is 2.16. The van der Waals surface area contributed by atoms with Gasteiger partial charge in [-0.1, -0.05) is 17.7 Å². The van der Waals surface area contributed by atoms with E-state index in [1.165, 1.54) is 6.08 Å². The van der Waals surface area contributed by atoms with Gasteiger partial charge in [-0.15, -0.1) is 0 Å². The smallest absolute Gasteiger partial charge is 0.334 e. The molecule has 0 spiro atoms. The zero-order valence-electron chi connectivity index (χ0n) is 12.0. The van der Waals surface area contributed by atoms with Gasteiger partial charge < -0.3 is 20.3 Å². The zero-order valence-corrected chi connectivity index (χ0v) is 12.7. The highest BCUT2D eigenvalue weighted by Crippen LogP contribution is 2.17. The van der Waals surface area contributed by atoms with Crippen molar-refractivity contribution >= 4 is 23.4 Å². The minimum absolute atomic E-state index is 0.344. The van der Waals surface area contributed by atoms with E-state index in [2.05, 4.69) is 9.88 Å². The van der Waals surface area contributed by atoms with E-state index in [0.717, 1.165) is 32.0 Å². The van der Waals surface area contributed by atoms with Crippen molar-refractivity contribution in [2.45, 2.75) is 6.92 Å². The van der Waals surface area contributed by atoms with Gasteiger partial charge in [-0.05, 0) is 19.1 Å². The van der Waals surface area contributed by atoms with Gasteiger partial charge >= 0.3 is 5.97 Å². The largest absolute Gasteiger partial charge is 0.463 e. The van der Waals surface area contributed by atoms with Gasteiger partial charge in [0.25, 0.3) is 0 Å². The number of nitrogens with zero attached hydrogens (tertiary/aromatic N) is 3. The Balaban J connectivity index is 1.92. The molecular formula is C14H19ClN4O2. The highest BCUT2D eigenvalue weighted by Gasteiger charge is 2.19. The first kappa shape index (κ1) is 15.4. The second-order valence-corrected chi connectivity index (χ2v) is 5.00. The number of hydrogen-bond acceptors (Lipinski definition) is 6. The number of carbonyl (C=O) groups excluding carboxylic acids is 1.